The lowest BCUT2D eigenvalue weighted by molar-refractivity contribution is 0.0488. The highest BCUT2D eigenvalue weighted by Gasteiger charge is 2.37. The molecule has 0 spiro atoms. The SMILES string of the molecule is COc1cc(OC)c(Cl)c(N2Cc3cnc(N[C@@H]4CCCC[C@@H]4NC(=O)OC(C)(C)C)nc3N(Cc3ccccc3)C2=O)c1Cl. The van der Waals surface area contributed by atoms with Crippen molar-refractivity contribution in [1.82, 2.24) is 15.3 Å². The minimum absolute atomic E-state index is 0.113. The number of methoxy groups -OCH3 is 2. The second-order valence-corrected chi connectivity index (χ2v) is 12.8. The molecule has 2 atom stereocenters. The average molecular weight is 658 g/mol. The van der Waals surface area contributed by atoms with Crippen molar-refractivity contribution in [3.05, 3.63) is 63.8 Å². The predicted octanol–water partition coefficient (Wildman–Crippen LogP) is 7.20. The fourth-order valence-electron chi connectivity index (χ4n) is 5.58. The number of rotatable bonds is 8. The van der Waals surface area contributed by atoms with Crippen LogP contribution in [0.3, 0.4) is 0 Å². The fourth-order valence-corrected chi connectivity index (χ4v) is 6.29. The number of benzene rings is 2. The lowest BCUT2D eigenvalue weighted by Crippen LogP contribution is -2.50. The molecule has 45 heavy (non-hydrogen) atoms. The van der Waals surface area contributed by atoms with Crippen molar-refractivity contribution in [2.75, 3.05) is 29.3 Å². The van der Waals surface area contributed by atoms with Gasteiger partial charge in [-0.05, 0) is 39.2 Å². The Morgan fingerprint density at radius 3 is 2.29 bits per heavy atom. The summed E-state index contributed by atoms with van der Waals surface area (Å²) in [7, 11) is 2.96. The number of hydrogen-bond acceptors (Lipinski definition) is 8. The number of hydrogen-bond donors (Lipinski definition) is 2. The second kappa shape index (κ2) is 13.6. The molecule has 11 nitrogen and oxygen atoms in total. The number of aromatic nitrogens is 2. The number of carbonyl (C=O) groups is 2. The summed E-state index contributed by atoms with van der Waals surface area (Å²) in [5, 5.41) is 6.80. The molecule has 1 fully saturated rings. The largest absolute Gasteiger partial charge is 0.495 e. The summed E-state index contributed by atoms with van der Waals surface area (Å²) < 4.78 is 16.4. The zero-order valence-electron chi connectivity index (χ0n) is 26.0. The summed E-state index contributed by atoms with van der Waals surface area (Å²) in [6.07, 6.45) is 4.82. The van der Waals surface area contributed by atoms with Crippen LogP contribution in [0.15, 0.2) is 42.6 Å². The molecule has 0 saturated heterocycles. The van der Waals surface area contributed by atoms with Gasteiger partial charge in [0.05, 0.1) is 39.0 Å². The summed E-state index contributed by atoms with van der Waals surface area (Å²) in [4.78, 5) is 39.4. The van der Waals surface area contributed by atoms with E-state index in [2.05, 4.69) is 15.6 Å². The first kappa shape index (κ1) is 32.4. The Hall–Kier alpha value is -3.96. The van der Waals surface area contributed by atoms with E-state index < -0.39 is 11.7 Å². The average Bonchev–Trinajstić information content (AvgIpc) is 3.00. The molecule has 1 aliphatic heterocycles. The molecule has 2 heterocycles. The van der Waals surface area contributed by atoms with Crippen LogP contribution in [0.4, 0.5) is 27.0 Å². The summed E-state index contributed by atoms with van der Waals surface area (Å²) in [5.41, 5.74) is 1.26. The van der Waals surface area contributed by atoms with Crippen molar-refractivity contribution in [3.63, 3.8) is 0 Å². The van der Waals surface area contributed by atoms with Gasteiger partial charge in [-0.3, -0.25) is 9.80 Å². The molecule has 2 aromatic carbocycles. The molecule has 5 rings (SSSR count). The van der Waals surface area contributed by atoms with E-state index in [1.807, 2.05) is 51.1 Å². The van der Waals surface area contributed by atoms with Gasteiger partial charge in [0, 0.05) is 23.9 Å². The van der Waals surface area contributed by atoms with Gasteiger partial charge in [-0.15, -0.1) is 0 Å². The number of nitrogens with zero attached hydrogens (tertiary/aromatic N) is 4. The fraction of sp³-hybridized carbons (Fsp3) is 0.438. The zero-order chi connectivity index (χ0) is 32.3. The van der Waals surface area contributed by atoms with E-state index in [0.29, 0.717) is 28.8 Å². The van der Waals surface area contributed by atoms with Gasteiger partial charge in [-0.1, -0.05) is 66.4 Å². The monoisotopic (exact) mass is 656 g/mol. The molecule has 1 aliphatic carbocycles. The Kier molecular flexibility index (Phi) is 9.79. The van der Waals surface area contributed by atoms with E-state index >= 15 is 0 Å². The Morgan fingerprint density at radius 2 is 1.67 bits per heavy atom. The van der Waals surface area contributed by atoms with Crippen LogP contribution in [0.2, 0.25) is 10.0 Å². The number of anilines is 3. The van der Waals surface area contributed by atoms with Crippen molar-refractivity contribution in [2.24, 2.45) is 0 Å². The molecule has 2 aliphatic rings. The van der Waals surface area contributed by atoms with Gasteiger partial charge in [0.2, 0.25) is 5.95 Å². The molecule has 2 N–H and O–H groups in total. The number of amides is 3. The molecule has 1 saturated carbocycles. The van der Waals surface area contributed by atoms with Crippen LogP contribution >= 0.6 is 23.2 Å². The first-order chi connectivity index (χ1) is 21.5. The third kappa shape index (κ3) is 7.31. The molecule has 1 aromatic heterocycles. The summed E-state index contributed by atoms with van der Waals surface area (Å²) >= 11 is 13.5. The van der Waals surface area contributed by atoms with Crippen molar-refractivity contribution >= 4 is 52.8 Å². The molecule has 3 amide bonds. The second-order valence-electron chi connectivity index (χ2n) is 12.0. The number of alkyl carbamates (subject to hydrolysis) is 1. The maximum Gasteiger partial charge on any atom is 0.407 e. The number of halogens is 2. The van der Waals surface area contributed by atoms with Gasteiger partial charge < -0.3 is 24.8 Å². The van der Waals surface area contributed by atoms with E-state index in [1.54, 1.807) is 17.2 Å². The van der Waals surface area contributed by atoms with E-state index in [4.69, 9.17) is 42.4 Å². The maximum absolute atomic E-state index is 14.3. The van der Waals surface area contributed by atoms with E-state index in [9.17, 15) is 9.59 Å². The minimum atomic E-state index is -0.601. The Balaban J connectivity index is 1.49. The van der Waals surface area contributed by atoms with E-state index in [1.165, 1.54) is 19.1 Å². The smallest absolute Gasteiger partial charge is 0.407 e. The lowest BCUT2D eigenvalue weighted by atomic mass is 9.90. The normalized spacial score (nSPS) is 18.2. The highest BCUT2D eigenvalue weighted by Crippen LogP contribution is 2.48. The minimum Gasteiger partial charge on any atom is -0.495 e. The molecule has 240 valence electrons. The number of carbonyl (C=O) groups excluding carboxylic acids is 2. The summed E-state index contributed by atoms with van der Waals surface area (Å²) in [6, 6.07) is 10.5. The van der Waals surface area contributed by atoms with E-state index in [0.717, 1.165) is 31.2 Å². The molecule has 3 aromatic rings. The van der Waals surface area contributed by atoms with Gasteiger partial charge in [0.15, 0.2) is 0 Å². The van der Waals surface area contributed by atoms with Crippen LogP contribution in [0.5, 0.6) is 11.5 Å². The van der Waals surface area contributed by atoms with Gasteiger partial charge in [0.25, 0.3) is 0 Å². The first-order valence-electron chi connectivity index (χ1n) is 14.8. The summed E-state index contributed by atoms with van der Waals surface area (Å²) in [6.45, 7) is 5.85. The number of urea groups is 1. The van der Waals surface area contributed by atoms with Crippen molar-refractivity contribution in [3.8, 4) is 11.5 Å². The quantitative estimate of drug-likeness (QED) is 0.261. The summed E-state index contributed by atoms with van der Waals surface area (Å²) in [5.74, 6) is 1.46. The highest BCUT2D eigenvalue weighted by atomic mass is 35.5. The third-order valence-electron chi connectivity index (χ3n) is 7.67. The molecule has 0 bridgehead atoms. The zero-order valence-corrected chi connectivity index (χ0v) is 27.5. The Bertz CT molecular complexity index is 1520. The van der Waals surface area contributed by atoms with Crippen molar-refractivity contribution in [1.29, 1.82) is 0 Å². The van der Waals surface area contributed by atoms with Gasteiger partial charge in [0.1, 0.15) is 33.0 Å². The molecular weight excluding hydrogens is 619 g/mol. The Labute approximate surface area is 273 Å². The number of fused-ring (bicyclic) bond motifs is 1. The molecular formula is C32H38Cl2N6O5. The van der Waals surface area contributed by atoms with Crippen LogP contribution in [-0.4, -0.2) is 54.0 Å². The van der Waals surface area contributed by atoms with E-state index in [-0.39, 0.29) is 46.9 Å². The van der Waals surface area contributed by atoms with Crippen molar-refractivity contribution in [2.45, 2.75) is 77.2 Å². The van der Waals surface area contributed by atoms with Crippen LogP contribution in [0, 0.1) is 0 Å². The molecule has 0 unspecified atom stereocenters. The van der Waals surface area contributed by atoms with Gasteiger partial charge in [-0.25, -0.2) is 14.6 Å². The number of ether oxygens (including phenoxy) is 3. The third-order valence-corrected chi connectivity index (χ3v) is 8.40. The van der Waals surface area contributed by atoms with Gasteiger partial charge >= 0.3 is 12.1 Å². The van der Waals surface area contributed by atoms with Crippen molar-refractivity contribution < 1.29 is 23.8 Å². The predicted molar refractivity (Wildman–Crippen MR) is 175 cm³/mol. The highest BCUT2D eigenvalue weighted by molar-refractivity contribution is 6.42. The topological polar surface area (TPSA) is 118 Å². The van der Waals surface area contributed by atoms with Crippen LogP contribution in [-0.2, 0) is 17.8 Å². The van der Waals surface area contributed by atoms with Gasteiger partial charge in [-0.2, -0.15) is 4.98 Å². The Morgan fingerprint density at radius 1 is 1.02 bits per heavy atom. The van der Waals surface area contributed by atoms with Crippen LogP contribution in [0.1, 0.15) is 57.6 Å². The molecule has 0 radical (unpaired) electrons. The number of nitrogens with one attached hydrogen (secondary N) is 2. The maximum atomic E-state index is 14.3. The lowest BCUT2D eigenvalue weighted by Gasteiger charge is -2.37. The molecule has 13 heteroatoms. The first-order valence-corrected chi connectivity index (χ1v) is 15.6. The van der Waals surface area contributed by atoms with Crippen LogP contribution < -0.4 is 29.9 Å². The standard InChI is InChI=1S/C32H38Cl2N6O5/c1-32(2,3)45-30(41)37-22-14-10-9-13-21(22)36-29-35-16-20-18-39(27-25(33)23(43-4)15-24(44-5)26(27)34)31(42)40(28(20)38-29)17-19-11-7-6-8-12-19/h6-8,11-12,15-16,21-22H,9-10,13-14,17-18H2,1-5H3,(H,37,41)(H,35,36,38)/t21-,22+/m1/s1. The van der Waals surface area contributed by atoms with Crippen LogP contribution in [0.25, 0.3) is 0 Å².